The first-order valence-electron chi connectivity index (χ1n) is 5.46. The minimum Gasteiger partial charge on any atom is -0.545 e. The molecular weight excluding hydrogens is 313 g/mol. The molecule has 106 valence electrons. The average Bonchev–Trinajstić information content (AvgIpc) is 2.29. The molecule has 0 saturated heterocycles. The summed E-state index contributed by atoms with van der Waals surface area (Å²) in [7, 11) is -3.85. The SMILES string of the molecule is CCN(CC)S(=O)(=O)c1cc(C(=O)[O-])c(Cl)cc1Cl. The summed E-state index contributed by atoms with van der Waals surface area (Å²) in [4.78, 5) is 10.6. The second kappa shape index (κ2) is 6.09. The number of carboxylic acids is 1. The number of sulfonamides is 1. The molecule has 0 N–H and O–H groups in total. The van der Waals surface area contributed by atoms with E-state index in [1.807, 2.05) is 0 Å². The summed E-state index contributed by atoms with van der Waals surface area (Å²) in [5.41, 5.74) is -0.406. The van der Waals surface area contributed by atoms with E-state index in [1.165, 1.54) is 4.31 Å². The predicted octanol–water partition coefficient (Wildman–Crippen LogP) is 1.39. The third-order valence-corrected chi connectivity index (χ3v) is 5.39. The van der Waals surface area contributed by atoms with Crippen molar-refractivity contribution in [2.75, 3.05) is 13.1 Å². The third kappa shape index (κ3) is 3.20. The van der Waals surface area contributed by atoms with Crippen molar-refractivity contribution in [3.8, 4) is 0 Å². The maximum Gasteiger partial charge on any atom is 0.244 e. The van der Waals surface area contributed by atoms with E-state index in [1.54, 1.807) is 13.8 Å². The van der Waals surface area contributed by atoms with Crippen LogP contribution in [0.25, 0.3) is 0 Å². The molecule has 1 rings (SSSR count). The molecule has 0 saturated carbocycles. The lowest BCUT2D eigenvalue weighted by atomic mass is 10.2. The van der Waals surface area contributed by atoms with Crippen LogP contribution in [0.5, 0.6) is 0 Å². The first-order valence-corrected chi connectivity index (χ1v) is 7.65. The molecule has 0 radical (unpaired) electrons. The average molecular weight is 325 g/mol. The van der Waals surface area contributed by atoms with E-state index in [2.05, 4.69) is 0 Å². The number of hydrogen-bond acceptors (Lipinski definition) is 4. The number of carboxylic acid groups (broad SMARTS) is 1. The van der Waals surface area contributed by atoms with E-state index in [0.717, 1.165) is 12.1 Å². The molecule has 8 heteroatoms. The second-order valence-corrected chi connectivity index (χ2v) is 6.36. The van der Waals surface area contributed by atoms with Gasteiger partial charge in [-0.05, 0) is 12.1 Å². The second-order valence-electron chi connectivity index (χ2n) is 3.64. The van der Waals surface area contributed by atoms with Crippen LogP contribution < -0.4 is 5.11 Å². The van der Waals surface area contributed by atoms with Crippen LogP contribution in [0.2, 0.25) is 10.0 Å². The number of carbonyl (C=O) groups is 1. The Balaban J connectivity index is 3.51. The fourth-order valence-corrected chi connectivity index (χ4v) is 3.87. The molecule has 0 heterocycles. The number of aromatic carboxylic acids is 1. The largest absolute Gasteiger partial charge is 0.545 e. The zero-order valence-electron chi connectivity index (χ0n) is 10.3. The van der Waals surface area contributed by atoms with Crippen LogP contribution in [0.4, 0.5) is 0 Å². The topological polar surface area (TPSA) is 77.5 Å². The summed E-state index contributed by atoms with van der Waals surface area (Å²) in [6.07, 6.45) is 0. The Morgan fingerprint density at radius 3 is 2.16 bits per heavy atom. The molecule has 0 atom stereocenters. The van der Waals surface area contributed by atoms with Crippen molar-refractivity contribution >= 4 is 39.2 Å². The third-order valence-electron chi connectivity index (χ3n) is 2.56. The number of rotatable bonds is 5. The highest BCUT2D eigenvalue weighted by atomic mass is 35.5. The van der Waals surface area contributed by atoms with Crippen molar-refractivity contribution in [2.24, 2.45) is 0 Å². The van der Waals surface area contributed by atoms with Gasteiger partial charge in [0.25, 0.3) is 0 Å². The molecule has 5 nitrogen and oxygen atoms in total. The minimum absolute atomic E-state index is 0.123. The zero-order valence-corrected chi connectivity index (χ0v) is 12.6. The summed E-state index contributed by atoms with van der Waals surface area (Å²) in [5, 5.41) is 10.6. The number of carbonyl (C=O) groups excluding carboxylic acids is 1. The van der Waals surface area contributed by atoms with Gasteiger partial charge in [-0.2, -0.15) is 4.31 Å². The fraction of sp³-hybridized carbons (Fsp3) is 0.364. The van der Waals surface area contributed by atoms with Gasteiger partial charge in [0.1, 0.15) is 4.90 Å². The highest BCUT2D eigenvalue weighted by molar-refractivity contribution is 7.89. The Labute approximate surface area is 121 Å². The monoisotopic (exact) mass is 324 g/mol. The van der Waals surface area contributed by atoms with Crippen LogP contribution in [-0.4, -0.2) is 31.8 Å². The molecule has 19 heavy (non-hydrogen) atoms. The Hall–Kier alpha value is -0.820. The molecule has 0 aromatic heterocycles. The first-order chi connectivity index (χ1) is 8.75. The van der Waals surface area contributed by atoms with Crippen molar-refractivity contribution < 1.29 is 18.3 Å². The molecule has 0 aliphatic rings. The summed E-state index contributed by atoms with van der Waals surface area (Å²) in [6, 6.07) is 2.01. The molecule has 0 amide bonds. The normalized spacial score (nSPS) is 11.8. The highest BCUT2D eigenvalue weighted by Crippen LogP contribution is 2.30. The van der Waals surface area contributed by atoms with E-state index in [9.17, 15) is 18.3 Å². The van der Waals surface area contributed by atoms with Gasteiger partial charge in [-0.15, -0.1) is 0 Å². The standard InChI is InChI=1S/C11H13Cl2NO4S/c1-3-14(4-2)19(17,18)10-5-7(11(15)16)8(12)6-9(10)13/h5-6H,3-4H2,1-2H3,(H,15,16)/p-1. The molecule has 0 spiro atoms. The lowest BCUT2D eigenvalue weighted by Crippen LogP contribution is -2.31. The van der Waals surface area contributed by atoms with Crippen LogP contribution >= 0.6 is 23.2 Å². The first kappa shape index (κ1) is 16.2. The highest BCUT2D eigenvalue weighted by Gasteiger charge is 2.25. The van der Waals surface area contributed by atoms with Crippen molar-refractivity contribution in [3.63, 3.8) is 0 Å². The Kier molecular flexibility index (Phi) is 5.20. The molecule has 0 unspecified atom stereocenters. The predicted molar refractivity (Wildman–Crippen MR) is 70.9 cm³/mol. The molecule has 0 fully saturated rings. The van der Waals surface area contributed by atoms with Crippen molar-refractivity contribution in [3.05, 3.63) is 27.7 Å². The molecular formula is C11H12Cl2NO4S-. The van der Waals surface area contributed by atoms with Crippen molar-refractivity contribution in [2.45, 2.75) is 18.7 Å². The minimum atomic E-state index is -3.85. The summed E-state index contributed by atoms with van der Waals surface area (Å²) in [6.45, 7) is 3.84. The molecule has 1 aromatic carbocycles. The molecule has 0 bridgehead atoms. The maximum absolute atomic E-state index is 12.3. The summed E-state index contributed by atoms with van der Waals surface area (Å²) >= 11 is 11.5. The Morgan fingerprint density at radius 2 is 1.74 bits per heavy atom. The quantitative estimate of drug-likeness (QED) is 0.819. The number of hydrogen-bond donors (Lipinski definition) is 0. The summed E-state index contributed by atoms with van der Waals surface area (Å²) < 4.78 is 25.7. The van der Waals surface area contributed by atoms with Gasteiger partial charge in [-0.3, -0.25) is 0 Å². The van der Waals surface area contributed by atoms with Gasteiger partial charge >= 0.3 is 0 Å². The van der Waals surface area contributed by atoms with Gasteiger partial charge in [-0.25, -0.2) is 8.42 Å². The van der Waals surface area contributed by atoms with Crippen molar-refractivity contribution in [1.29, 1.82) is 0 Å². The van der Waals surface area contributed by atoms with E-state index in [4.69, 9.17) is 23.2 Å². The van der Waals surface area contributed by atoms with Gasteiger partial charge in [0.05, 0.1) is 16.0 Å². The Morgan fingerprint density at radius 1 is 1.21 bits per heavy atom. The lowest BCUT2D eigenvalue weighted by molar-refractivity contribution is -0.255. The molecule has 0 aliphatic heterocycles. The van der Waals surface area contributed by atoms with Crippen LogP contribution in [-0.2, 0) is 10.0 Å². The van der Waals surface area contributed by atoms with Crippen LogP contribution in [0.15, 0.2) is 17.0 Å². The van der Waals surface area contributed by atoms with Gasteiger partial charge < -0.3 is 9.90 Å². The molecule has 0 aliphatic carbocycles. The van der Waals surface area contributed by atoms with Crippen LogP contribution in [0, 0.1) is 0 Å². The lowest BCUT2D eigenvalue weighted by Gasteiger charge is -2.20. The van der Waals surface area contributed by atoms with E-state index >= 15 is 0 Å². The number of halogens is 2. The number of benzene rings is 1. The Bertz CT molecular complexity index is 597. The fourth-order valence-electron chi connectivity index (χ4n) is 1.59. The van der Waals surface area contributed by atoms with E-state index in [0.29, 0.717) is 0 Å². The van der Waals surface area contributed by atoms with Gasteiger partial charge in [-0.1, -0.05) is 37.0 Å². The molecule has 1 aromatic rings. The van der Waals surface area contributed by atoms with Crippen molar-refractivity contribution in [1.82, 2.24) is 4.31 Å². The number of nitrogens with zero attached hydrogens (tertiary/aromatic N) is 1. The smallest absolute Gasteiger partial charge is 0.244 e. The van der Waals surface area contributed by atoms with Crippen LogP contribution in [0.3, 0.4) is 0 Å². The zero-order chi connectivity index (χ0) is 14.8. The van der Waals surface area contributed by atoms with Gasteiger partial charge in [0.2, 0.25) is 10.0 Å². The van der Waals surface area contributed by atoms with E-state index < -0.39 is 21.6 Å². The summed E-state index contributed by atoms with van der Waals surface area (Å²) in [5.74, 6) is -1.56. The van der Waals surface area contributed by atoms with Gasteiger partial charge in [0, 0.05) is 18.7 Å². The van der Waals surface area contributed by atoms with E-state index in [-0.39, 0.29) is 28.0 Å². The maximum atomic E-state index is 12.3. The van der Waals surface area contributed by atoms with Crippen LogP contribution in [0.1, 0.15) is 24.2 Å². The van der Waals surface area contributed by atoms with Gasteiger partial charge in [0.15, 0.2) is 0 Å².